The maximum atomic E-state index is 12.4. The molecule has 2 atom stereocenters. The molecule has 6 heteroatoms. The van der Waals surface area contributed by atoms with Gasteiger partial charge in [-0.15, -0.1) is 0 Å². The fourth-order valence-electron chi connectivity index (χ4n) is 1.44. The summed E-state index contributed by atoms with van der Waals surface area (Å²) in [6.07, 6.45) is 0. The van der Waals surface area contributed by atoms with Gasteiger partial charge in [0.05, 0.1) is 15.7 Å². The van der Waals surface area contributed by atoms with Crippen molar-refractivity contribution in [3.8, 4) is 0 Å². The predicted octanol–water partition coefficient (Wildman–Crippen LogP) is 2.33. The Morgan fingerprint density at radius 3 is 2.53 bits per heavy atom. The molecule has 2 unspecified atom stereocenters. The summed E-state index contributed by atoms with van der Waals surface area (Å²) in [4.78, 5) is 12.4. The standard InChI is InChI=1S/C13H19ClN2O2S/c1-8(12(17)16-13(2,3)4)19(18)11-7-9(14)5-6-10(11)15/h5-8H,15H2,1-4H3,(H,16,17). The van der Waals surface area contributed by atoms with Gasteiger partial charge in [-0.05, 0) is 45.9 Å². The van der Waals surface area contributed by atoms with E-state index in [-0.39, 0.29) is 11.4 Å². The molecule has 3 N–H and O–H groups in total. The average Bonchev–Trinajstić information content (AvgIpc) is 2.28. The van der Waals surface area contributed by atoms with Crippen LogP contribution in [-0.2, 0) is 15.6 Å². The van der Waals surface area contributed by atoms with Crippen LogP contribution in [0.4, 0.5) is 5.69 Å². The van der Waals surface area contributed by atoms with Crippen molar-refractivity contribution in [3.05, 3.63) is 23.2 Å². The van der Waals surface area contributed by atoms with Crippen molar-refractivity contribution in [1.29, 1.82) is 0 Å². The number of nitrogens with one attached hydrogen (secondary N) is 1. The first-order chi connectivity index (χ1) is 8.61. The fraction of sp³-hybridized carbons (Fsp3) is 0.462. The summed E-state index contributed by atoms with van der Waals surface area (Å²) in [6.45, 7) is 7.22. The molecule has 1 aromatic rings. The molecule has 0 saturated carbocycles. The first-order valence-electron chi connectivity index (χ1n) is 5.89. The third kappa shape index (κ3) is 4.51. The number of carbonyl (C=O) groups is 1. The van der Waals surface area contributed by atoms with Gasteiger partial charge in [0, 0.05) is 16.2 Å². The first kappa shape index (κ1) is 16.0. The number of carbonyl (C=O) groups excluding carboxylic acids is 1. The first-order valence-corrected chi connectivity index (χ1v) is 7.48. The number of nitrogen functional groups attached to an aromatic ring is 1. The Morgan fingerprint density at radius 1 is 1.42 bits per heavy atom. The molecule has 0 aliphatic carbocycles. The monoisotopic (exact) mass is 302 g/mol. The second-order valence-corrected chi connectivity index (χ2v) is 7.54. The molecule has 0 fully saturated rings. The summed E-state index contributed by atoms with van der Waals surface area (Å²) >= 11 is 5.86. The van der Waals surface area contributed by atoms with Crippen LogP contribution in [0.2, 0.25) is 5.02 Å². The van der Waals surface area contributed by atoms with E-state index >= 15 is 0 Å². The number of benzene rings is 1. The summed E-state index contributed by atoms with van der Waals surface area (Å²) < 4.78 is 12.4. The molecule has 0 heterocycles. The summed E-state index contributed by atoms with van der Waals surface area (Å²) in [6, 6.07) is 4.75. The highest BCUT2D eigenvalue weighted by atomic mass is 35.5. The molecule has 0 aliphatic heterocycles. The number of halogens is 1. The van der Waals surface area contributed by atoms with E-state index in [9.17, 15) is 9.00 Å². The second-order valence-electron chi connectivity index (χ2n) is 5.36. The van der Waals surface area contributed by atoms with Gasteiger partial charge < -0.3 is 11.1 Å². The third-order valence-corrected chi connectivity index (χ3v) is 4.26. The van der Waals surface area contributed by atoms with E-state index in [1.807, 2.05) is 20.8 Å². The summed E-state index contributed by atoms with van der Waals surface area (Å²) in [5, 5.41) is 2.55. The van der Waals surface area contributed by atoms with Gasteiger partial charge in [-0.2, -0.15) is 0 Å². The van der Waals surface area contributed by atoms with Crippen molar-refractivity contribution in [2.45, 2.75) is 43.4 Å². The molecule has 0 spiro atoms. The molecule has 19 heavy (non-hydrogen) atoms. The molecule has 106 valence electrons. The van der Waals surface area contributed by atoms with Gasteiger partial charge in [0.25, 0.3) is 0 Å². The lowest BCUT2D eigenvalue weighted by atomic mass is 10.1. The molecular weight excluding hydrogens is 284 g/mol. The minimum atomic E-state index is -1.54. The van der Waals surface area contributed by atoms with Crippen LogP contribution in [0.25, 0.3) is 0 Å². The van der Waals surface area contributed by atoms with E-state index in [1.165, 1.54) is 6.07 Å². The van der Waals surface area contributed by atoms with Crippen molar-refractivity contribution in [2.75, 3.05) is 5.73 Å². The van der Waals surface area contributed by atoms with Crippen molar-refractivity contribution < 1.29 is 9.00 Å². The second kappa shape index (κ2) is 5.92. The molecule has 1 amide bonds. The number of rotatable bonds is 3. The maximum Gasteiger partial charge on any atom is 0.236 e. The fourth-order valence-corrected chi connectivity index (χ4v) is 2.86. The zero-order valence-electron chi connectivity index (χ0n) is 11.5. The lowest BCUT2D eigenvalue weighted by molar-refractivity contribution is -0.121. The smallest absolute Gasteiger partial charge is 0.236 e. The van der Waals surface area contributed by atoms with Gasteiger partial charge in [0.15, 0.2) is 0 Å². The zero-order valence-corrected chi connectivity index (χ0v) is 13.1. The number of amides is 1. The van der Waals surface area contributed by atoms with Crippen molar-refractivity contribution >= 4 is 34.0 Å². The molecule has 0 aliphatic rings. The Hall–Kier alpha value is -1.07. The Labute approximate surface area is 121 Å². The Bertz CT molecular complexity index is 512. The van der Waals surface area contributed by atoms with E-state index < -0.39 is 16.0 Å². The average molecular weight is 303 g/mol. The Morgan fingerprint density at radius 2 is 2.00 bits per heavy atom. The van der Waals surface area contributed by atoms with Crippen LogP contribution in [0.1, 0.15) is 27.7 Å². The Balaban J connectivity index is 2.94. The van der Waals surface area contributed by atoms with E-state index in [0.717, 1.165) is 0 Å². The van der Waals surface area contributed by atoms with Gasteiger partial charge in [-0.25, -0.2) is 0 Å². The lowest BCUT2D eigenvalue weighted by Gasteiger charge is -2.23. The molecular formula is C13H19ClN2O2S. The van der Waals surface area contributed by atoms with Crippen LogP contribution in [-0.4, -0.2) is 20.9 Å². The van der Waals surface area contributed by atoms with Gasteiger partial charge in [0.2, 0.25) is 5.91 Å². The lowest BCUT2D eigenvalue weighted by Crippen LogP contribution is -2.46. The molecule has 4 nitrogen and oxygen atoms in total. The SMILES string of the molecule is CC(C(=O)NC(C)(C)C)S(=O)c1cc(Cl)ccc1N. The highest BCUT2D eigenvalue weighted by Crippen LogP contribution is 2.23. The van der Waals surface area contributed by atoms with Crippen LogP contribution in [0.5, 0.6) is 0 Å². The Kier molecular flexibility index (Phi) is 4.98. The molecule has 0 aromatic heterocycles. The number of hydrogen-bond donors (Lipinski definition) is 2. The predicted molar refractivity (Wildman–Crippen MR) is 79.6 cm³/mol. The van der Waals surface area contributed by atoms with Gasteiger partial charge in [-0.1, -0.05) is 11.6 Å². The number of anilines is 1. The molecule has 1 aromatic carbocycles. The van der Waals surface area contributed by atoms with Gasteiger partial charge in [-0.3, -0.25) is 9.00 Å². The van der Waals surface area contributed by atoms with Crippen LogP contribution in [0.3, 0.4) is 0 Å². The quantitative estimate of drug-likeness (QED) is 0.842. The maximum absolute atomic E-state index is 12.4. The highest BCUT2D eigenvalue weighted by molar-refractivity contribution is 7.86. The van der Waals surface area contributed by atoms with E-state index in [0.29, 0.717) is 15.6 Å². The molecule has 1 rings (SSSR count). The van der Waals surface area contributed by atoms with Crippen LogP contribution < -0.4 is 11.1 Å². The topological polar surface area (TPSA) is 72.2 Å². The van der Waals surface area contributed by atoms with Gasteiger partial charge in [0.1, 0.15) is 5.25 Å². The van der Waals surface area contributed by atoms with Gasteiger partial charge >= 0.3 is 0 Å². The summed E-state index contributed by atoms with van der Waals surface area (Å²) in [5.41, 5.74) is 5.78. The number of hydrogen-bond acceptors (Lipinski definition) is 3. The van der Waals surface area contributed by atoms with Crippen LogP contribution >= 0.6 is 11.6 Å². The summed E-state index contributed by atoms with van der Waals surface area (Å²) in [5.74, 6) is -0.273. The van der Waals surface area contributed by atoms with Crippen LogP contribution in [0.15, 0.2) is 23.1 Å². The third-order valence-electron chi connectivity index (χ3n) is 2.38. The summed E-state index contributed by atoms with van der Waals surface area (Å²) in [7, 11) is -1.54. The number of nitrogens with two attached hydrogens (primary N) is 1. The van der Waals surface area contributed by atoms with Crippen molar-refractivity contribution in [2.24, 2.45) is 0 Å². The van der Waals surface area contributed by atoms with E-state index in [4.69, 9.17) is 17.3 Å². The minimum absolute atomic E-state index is 0.273. The van der Waals surface area contributed by atoms with E-state index in [2.05, 4.69) is 5.32 Å². The van der Waals surface area contributed by atoms with E-state index in [1.54, 1.807) is 19.1 Å². The largest absolute Gasteiger partial charge is 0.398 e. The molecule has 0 bridgehead atoms. The molecule has 0 saturated heterocycles. The van der Waals surface area contributed by atoms with Crippen molar-refractivity contribution in [3.63, 3.8) is 0 Å². The highest BCUT2D eigenvalue weighted by Gasteiger charge is 2.26. The zero-order chi connectivity index (χ0) is 14.8. The minimum Gasteiger partial charge on any atom is -0.398 e. The molecule has 0 radical (unpaired) electrons. The van der Waals surface area contributed by atoms with Crippen LogP contribution in [0, 0.1) is 0 Å². The normalized spacial score (nSPS) is 14.8. The van der Waals surface area contributed by atoms with Crippen molar-refractivity contribution in [1.82, 2.24) is 5.32 Å².